The van der Waals surface area contributed by atoms with Gasteiger partial charge in [0, 0.05) is 24.3 Å². The molecule has 0 spiro atoms. The van der Waals surface area contributed by atoms with Crippen molar-refractivity contribution in [2.75, 3.05) is 0 Å². The van der Waals surface area contributed by atoms with Gasteiger partial charge in [0.1, 0.15) is 0 Å². The van der Waals surface area contributed by atoms with Crippen LogP contribution in [0, 0.1) is 0 Å². The monoisotopic (exact) mass is 299 g/mol. The van der Waals surface area contributed by atoms with Crippen LogP contribution >= 0.6 is 11.3 Å². The quantitative estimate of drug-likeness (QED) is 0.915. The third-order valence-corrected chi connectivity index (χ3v) is 5.47. The number of amides is 1. The van der Waals surface area contributed by atoms with Gasteiger partial charge in [-0.3, -0.25) is 9.78 Å². The molecular weight excluding hydrogens is 282 g/mol. The molecule has 21 heavy (non-hydrogen) atoms. The molecule has 0 unspecified atom stereocenters. The molecule has 2 saturated heterocycles. The summed E-state index contributed by atoms with van der Waals surface area (Å²) in [5.74, 6) is 0.0431. The van der Waals surface area contributed by atoms with Gasteiger partial charge >= 0.3 is 0 Å². The maximum absolute atomic E-state index is 12.4. The lowest BCUT2D eigenvalue weighted by Crippen LogP contribution is -2.42. The van der Waals surface area contributed by atoms with Gasteiger partial charge < -0.3 is 10.6 Å². The Kier molecular flexibility index (Phi) is 3.24. The molecule has 0 radical (unpaired) electrons. The fraction of sp³-hybridized carbons (Fsp3) is 0.375. The Labute approximate surface area is 127 Å². The van der Waals surface area contributed by atoms with Gasteiger partial charge in [0.2, 0.25) is 0 Å². The van der Waals surface area contributed by atoms with E-state index >= 15 is 0 Å². The highest BCUT2D eigenvalue weighted by Gasteiger charge is 2.39. The lowest BCUT2D eigenvalue weighted by atomic mass is 9.95. The lowest BCUT2D eigenvalue weighted by Gasteiger charge is -2.20. The molecule has 2 bridgehead atoms. The normalized spacial score (nSPS) is 27.0. The Bertz CT molecular complexity index is 655. The second-order valence-electron chi connectivity index (χ2n) is 5.74. The van der Waals surface area contributed by atoms with Gasteiger partial charge in [-0.1, -0.05) is 6.07 Å². The molecule has 1 amide bonds. The molecule has 4 rings (SSSR count). The third kappa shape index (κ3) is 2.47. The number of carbonyl (C=O) groups is 1. The molecule has 5 heteroatoms. The average Bonchev–Trinajstić information content (AvgIpc) is 3.24. The fourth-order valence-corrected chi connectivity index (χ4v) is 4.22. The minimum atomic E-state index is 0.0431. The molecule has 3 atom stereocenters. The van der Waals surface area contributed by atoms with Crippen molar-refractivity contribution in [1.82, 2.24) is 15.6 Å². The van der Waals surface area contributed by atoms with Crippen LogP contribution < -0.4 is 10.6 Å². The Morgan fingerprint density at radius 2 is 2.24 bits per heavy atom. The molecule has 2 aromatic rings. The first-order valence-electron chi connectivity index (χ1n) is 7.38. The maximum Gasteiger partial charge on any atom is 0.261 e. The molecule has 0 aromatic carbocycles. The van der Waals surface area contributed by atoms with Gasteiger partial charge in [-0.05, 0) is 43.5 Å². The maximum atomic E-state index is 12.4. The number of hydrogen-bond acceptors (Lipinski definition) is 4. The molecule has 2 aromatic heterocycles. The molecule has 108 valence electrons. The number of pyridine rings is 1. The Morgan fingerprint density at radius 1 is 1.29 bits per heavy atom. The molecule has 0 aliphatic carbocycles. The molecule has 0 saturated carbocycles. The molecular formula is C16H17N3OS. The number of rotatable bonds is 3. The van der Waals surface area contributed by atoms with Gasteiger partial charge in [-0.15, -0.1) is 11.3 Å². The first-order valence-corrected chi connectivity index (χ1v) is 8.19. The van der Waals surface area contributed by atoms with E-state index in [1.54, 1.807) is 6.20 Å². The van der Waals surface area contributed by atoms with Crippen molar-refractivity contribution in [3.63, 3.8) is 0 Å². The lowest BCUT2D eigenvalue weighted by molar-refractivity contribution is 0.0935. The number of carbonyl (C=O) groups excluding carboxylic acids is 1. The summed E-state index contributed by atoms with van der Waals surface area (Å²) < 4.78 is 0. The highest BCUT2D eigenvalue weighted by Crippen LogP contribution is 2.30. The van der Waals surface area contributed by atoms with Crippen molar-refractivity contribution in [1.29, 1.82) is 0 Å². The second-order valence-corrected chi connectivity index (χ2v) is 6.83. The number of fused-ring (bicyclic) bond motifs is 2. The van der Waals surface area contributed by atoms with Crippen LogP contribution in [0.2, 0.25) is 0 Å². The second kappa shape index (κ2) is 5.24. The molecule has 2 aliphatic heterocycles. The van der Waals surface area contributed by atoms with Gasteiger partial charge in [0.25, 0.3) is 5.91 Å². The van der Waals surface area contributed by atoms with Crippen LogP contribution in [0.1, 0.15) is 28.9 Å². The standard InChI is InChI=1S/C16H17N3OS/c20-16(19-13-9-10-4-5-11(13)18-10)15-7-6-14(21-15)12-3-1-2-8-17-12/h1-3,6-8,10-11,13,18H,4-5,9H2,(H,19,20)/t10-,11+,13-/m1/s1. The number of nitrogens with zero attached hydrogens (tertiary/aromatic N) is 1. The zero-order valence-electron chi connectivity index (χ0n) is 11.6. The van der Waals surface area contributed by atoms with Crippen LogP contribution in [-0.4, -0.2) is 29.0 Å². The molecule has 4 nitrogen and oxygen atoms in total. The van der Waals surface area contributed by atoms with Crippen LogP contribution in [0.5, 0.6) is 0 Å². The number of nitrogens with one attached hydrogen (secondary N) is 2. The minimum Gasteiger partial charge on any atom is -0.347 e. The number of aromatic nitrogens is 1. The third-order valence-electron chi connectivity index (χ3n) is 4.36. The summed E-state index contributed by atoms with van der Waals surface area (Å²) in [6.07, 6.45) is 5.27. The van der Waals surface area contributed by atoms with E-state index < -0.39 is 0 Å². The molecule has 4 heterocycles. The van der Waals surface area contributed by atoms with Gasteiger partial charge in [-0.2, -0.15) is 0 Å². The van der Waals surface area contributed by atoms with Crippen molar-refractivity contribution in [2.24, 2.45) is 0 Å². The summed E-state index contributed by atoms with van der Waals surface area (Å²) in [5.41, 5.74) is 0.920. The van der Waals surface area contributed by atoms with Crippen LogP contribution in [0.25, 0.3) is 10.6 Å². The summed E-state index contributed by atoms with van der Waals surface area (Å²) in [4.78, 5) is 18.5. The van der Waals surface area contributed by atoms with Crippen LogP contribution in [0.4, 0.5) is 0 Å². The SMILES string of the molecule is O=C(N[C@@H]1C[C@H]2CC[C@@H]1N2)c1ccc(-c2ccccn2)s1. The van der Waals surface area contributed by atoms with E-state index in [9.17, 15) is 4.79 Å². The van der Waals surface area contributed by atoms with E-state index in [0.29, 0.717) is 12.1 Å². The Balaban J connectivity index is 1.47. The van der Waals surface area contributed by atoms with Crippen molar-refractivity contribution in [3.8, 4) is 10.6 Å². The van der Waals surface area contributed by atoms with E-state index in [1.807, 2.05) is 30.3 Å². The predicted octanol–water partition coefficient (Wildman–Crippen LogP) is 2.43. The van der Waals surface area contributed by atoms with Crippen molar-refractivity contribution < 1.29 is 4.79 Å². The van der Waals surface area contributed by atoms with E-state index in [4.69, 9.17) is 0 Å². The first-order chi connectivity index (χ1) is 10.3. The van der Waals surface area contributed by atoms with E-state index in [0.717, 1.165) is 21.9 Å². The Morgan fingerprint density at radius 3 is 2.95 bits per heavy atom. The smallest absolute Gasteiger partial charge is 0.261 e. The van der Waals surface area contributed by atoms with Crippen LogP contribution in [-0.2, 0) is 0 Å². The highest BCUT2D eigenvalue weighted by atomic mass is 32.1. The number of hydrogen-bond donors (Lipinski definition) is 2. The summed E-state index contributed by atoms with van der Waals surface area (Å²) in [7, 11) is 0. The van der Waals surface area contributed by atoms with E-state index in [-0.39, 0.29) is 11.9 Å². The Hall–Kier alpha value is -1.72. The van der Waals surface area contributed by atoms with Gasteiger partial charge in [0.15, 0.2) is 0 Å². The number of thiophene rings is 1. The largest absolute Gasteiger partial charge is 0.347 e. The molecule has 2 aliphatic rings. The van der Waals surface area contributed by atoms with E-state index in [2.05, 4.69) is 15.6 Å². The van der Waals surface area contributed by atoms with Gasteiger partial charge in [-0.25, -0.2) is 0 Å². The van der Waals surface area contributed by atoms with Crippen molar-refractivity contribution in [3.05, 3.63) is 41.4 Å². The van der Waals surface area contributed by atoms with E-state index in [1.165, 1.54) is 24.2 Å². The minimum absolute atomic E-state index is 0.0431. The molecule has 2 N–H and O–H groups in total. The molecule has 2 fully saturated rings. The van der Waals surface area contributed by atoms with Gasteiger partial charge in [0.05, 0.1) is 15.4 Å². The summed E-state index contributed by atoms with van der Waals surface area (Å²) in [6.45, 7) is 0. The topological polar surface area (TPSA) is 54.0 Å². The highest BCUT2D eigenvalue weighted by molar-refractivity contribution is 7.17. The zero-order chi connectivity index (χ0) is 14.2. The van der Waals surface area contributed by atoms with Crippen molar-refractivity contribution >= 4 is 17.2 Å². The first kappa shape index (κ1) is 13.0. The predicted molar refractivity (Wildman–Crippen MR) is 83.4 cm³/mol. The van der Waals surface area contributed by atoms with Crippen LogP contribution in [0.15, 0.2) is 36.5 Å². The van der Waals surface area contributed by atoms with Crippen molar-refractivity contribution in [2.45, 2.75) is 37.4 Å². The average molecular weight is 299 g/mol. The summed E-state index contributed by atoms with van der Waals surface area (Å²) in [6, 6.07) is 11.0. The summed E-state index contributed by atoms with van der Waals surface area (Å²) in [5, 5.41) is 6.72. The zero-order valence-corrected chi connectivity index (χ0v) is 12.4. The van der Waals surface area contributed by atoms with Crippen LogP contribution in [0.3, 0.4) is 0 Å². The fourth-order valence-electron chi connectivity index (χ4n) is 3.33. The summed E-state index contributed by atoms with van der Waals surface area (Å²) >= 11 is 1.50.